The summed E-state index contributed by atoms with van der Waals surface area (Å²) in [6, 6.07) is 10.4. The minimum absolute atomic E-state index is 0.129. The molecule has 1 aliphatic rings. The third-order valence-corrected chi connectivity index (χ3v) is 4.10. The van der Waals surface area contributed by atoms with E-state index in [1.165, 1.54) is 5.56 Å². The van der Waals surface area contributed by atoms with Crippen LogP contribution >= 0.6 is 22.6 Å². The Labute approximate surface area is 98.1 Å². The Kier molecular flexibility index (Phi) is 3.41. The lowest BCUT2D eigenvalue weighted by molar-refractivity contribution is 0.175. The van der Waals surface area contributed by atoms with Crippen LogP contribution in [0.15, 0.2) is 30.3 Å². The SMILES string of the molecule is OC1CCN(C(I)c2ccccc2)C1. The molecule has 1 fully saturated rings. The van der Waals surface area contributed by atoms with Crippen LogP contribution in [-0.2, 0) is 0 Å². The minimum Gasteiger partial charge on any atom is -0.392 e. The number of benzene rings is 1. The number of β-amino-alcohol motifs (C(OH)–C–C–N with tert-alkyl or cyclic N) is 1. The largest absolute Gasteiger partial charge is 0.392 e. The molecule has 2 rings (SSSR count). The molecule has 1 aromatic carbocycles. The predicted molar refractivity (Wildman–Crippen MR) is 65.4 cm³/mol. The monoisotopic (exact) mass is 303 g/mol. The molecule has 2 atom stereocenters. The summed E-state index contributed by atoms with van der Waals surface area (Å²) < 4.78 is 0.394. The molecule has 1 heterocycles. The molecule has 3 heteroatoms. The molecule has 1 aromatic rings. The van der Waals surface area contributed by atoms with Crippen LogP contribution in [0.4, 0.5) is 0 Å². The molecular formula is C11H14INO. The summed E-state index contributed by atoms with van der Waals surface area (Å²) in [7, 11) is 0. The van der Waals surface area contributed by atoms with Crippen molar-refractivity contribution in [2.75, 3.05) is 13.1 Å². The highest BCUT2D eigenvalue weighted by atomic mass is 127. The molecular weight excluding hydrogens is 289 g/mol. The van der Waals surface area contributed by atoms with Crippen molar-refractivity contribution in [3.63, 3.8) is 0 Å². The van der Waals surface area contributed by atoms with Crippen molar-refractivity contribution in [2.45, 2.75) is 16.6 Å². The van der Waals surface area contributed by atoms with Gasteiger partial charge in [0.05, 0.1) is 10.2 Å². The molecule has 0 saturated carbocycles. The van der Waals surface area contributed by atoms with E-state index in [9.17, 15) is 5.11 Å². The van der Waals surface area contributed by atoms with Crippen molar-refractivity contribution in [3.8, 4) is 0 Å². The summed E-state index contributed by atoms with van der Waals surface area (Å²) in [5.74, 6) is 0. The summed E-state index contributed by atoms with van der Waals surface area (Å²) in [6.07, 6.45) is 0.780. The molecule has 0 aliphatic carbocycles. The molecule has 76 valence electrons. The second-order valence-corrected chi connectivity index (χ2v) is 4.86. The van der Waals surface area contributed by atoms with Crippen LogP contribution in [0.25, 0.3) is 0 Å². The lowest BCUT2D eigenvalue weighted by atomic mass is 10.2. The minimum atomic E-state index is -0.129. The third kappa shape index (κ3) is 2.27. The van der Waals surface area contributed by atoms with Gasteiger partial charge in [-0.3, -0.25) is 4.90 Å². The topological polar surface area (TPSA) is 23.5 Å². The molecule has 0 spiro atoms. The molecule has 0 aromatic heterocycles. The van der Waals surface area contributed by atoms with Crippen LogP contribution < -0.4 is 0 Å². The summed E-state index contributed by atoms with van der Waals surface area (Å²) in [6.45, 7) is 1.81. The van der Waals surface area contributed by atoms with Gasteiger partial charge in [0.25, 0.3) is 0 Å². The number of hydrogen-bond donors (Lipinski definition) is 1. The fourth-order valence-electron chi connectivity index (χ4n) is 1.80. The first-order chi connectivity index (χ1) is 6.77. The van der Waals surface area contributed by atoms with E-state index in [1.807, 2.05) is 6.07 Å². The maximum absolute atomic E-state index is 9.45. The van der Waals surface area contributed by atoms with Gasteiger partial charge in [0.2, 0.25) is 0 Å². The zero-order valence-corrected chi connectivity index (χ0v) is 10.1. The van der Waals surface area contributed by atoms with E-state index < -0.39 is 0 Å². The smallest absolute Gasteiger partial charge is 0.0875 e. The Morgan fingerprint density at radius 2 is 2.07 bits per heavy atom. The predicted octanol–water partition coefficient (Wildman–Crippen LogP) is 2.19. The Balaban J connectivity index is 2.05. The number of likely N-dealkylation sites (tertiary alicyclic amines) is 1. The molecule has 0 radical (unpaired) electrons. The molecule has 14 heavy (non-hydrogen) atoms. The zero-order valence-electron chi connectivity index (χ0n) is 7.94. The first-order valence-corrected chi connectivity index (χ1v) is 6.13. The zero-order chi connectivity index (χ0) is 9.97. The maximum Gasteiger partial charge on any atom is 0.0875 e. The van der Waals surface area contributed by atoms with Crippen molar-refractivity contribution in [1.82, 2.24) is 4.90 Å². The van der Waals surface area contributed by atoms with Gasteiger partial charge in [0.15, 0.2) is 0 Å². The van der Waals surface area contributed by atoms with Crippen molar-refractivity contribution in [1.29, 1.82) is 0 Å². The van der Waals surface area contributed by atoms with Crippen LogP contribution in [0.5, 0.6) is 0 Å². The van der Waals surface area contributed by atoms with Crippen LogP contribution in [0, 0.1) is 0 Å². The van der Waals surface area contributed by atoms with Gasteiger partial charge in [-0.25, -0.2) is 0 Å². The fourth-order valence-corrected chi connectivity index (χ4v) is 2.72. The summed E-state index contributed by atoms with van der Waals surface area (Å²) in [4.78, 5) is 2.32. The summed E-state index contributed by atoms with van der Waals surface area (Å²) in [5.41, 5.74) is 1.32. The molecule has 2 nitrogen and oxygen atoms in total. The Hall–Kier alpha value is -0.130. The van der Waals surface area contributed by atoms with Crippen molar-refractivity contribution < 1.29 is 5.11 Å². The molecule has 1 saturated heterocycles. The average molecular weight is 303 g/mol. The summed E-state index contributed by atoms with van der Waals surface area (Å²) in [5, 5.41) is 9.45. The number of alkyl halides is 1. The standard InChI is InChI=1S/C11H14INO/c12-11(9-4-2-1-3-5-9)13-7-6-10(14)8-13/h1-5,10-11,14H,6-8H2. The van der Waals surface area contributed by atoms with Gasteiger partial charge in [-0.2, -0.15) is 0 Å². The van der Waals surface area contributed by atoms with Gasteiger partial charge in [0, 0.05) is 13.1 Å². The number of aliphatic hydroxyl groups excluding tert-OH is 1. The summed E-state index contributed by atoms with van der Waals surface area (Å²) >= 11 is 2.43. The number of hydrogen-bond acceptors (Lipinski definition) is 2. The van der Waals surface area contributed by atoms with Crippen molar-refractivity contribution in [3.05, 3.63) is 35.9 Å². The number of halogens is 1. The van der Waals surface area contributed by atoms with Gasteiger partial charge in [-0.1, -0.05) is 52.9 Å². The van der Waals surface area contributed by atoms with Crippen LogP contribution in [0.2, 0.25) is 0 Å². The van der Waals surface area contributed by atoms with E-state index in [1.54, 1.807) is 0 Å². The van der Waals surface area contributed by atoms with Gasteiger partial charge in [-0.15, -0.1) is 0 Å². The van der Waals surface area contributed by atoms with Crippen molar-refractivity contribution >= 4 is 22.6 Å². The third-order valence-electron chi connectivity index (χ3n) is 2.59. The quantitative estimate of drug-likeness (QED) is 0.514. The van der Waals surface area contributed by atoms with Gasteiger partial charge < -0.3 is 5.11 Å². The first kappa shape index (κ1) is 10.4. The molecule has 2 unspecified atom stereocenters. The maximum atomic E-state index is 9.45. The fraction of sp³-hybridized carbons (Fsp3) is 0.455. The highest BCUT2D eigenvalue weighted by Gasteiger charge is 2.25. The second kappa shape index (κ2) is 4.59. The highest BCUT2D eigenvalue weighted by molar-refractivity contribution is 14.1. The second-order valence-electron chi connectivity index (χ2n) is 3.68. The van der Waals surface area contributed by atoms with E-state index in [2.05, 4.69) is 51.8 Å². The van der Waals surface area contributed by atoms with E-state index >= 15 is 0 Å². The van der Waals surface area contributed by atoms with E-state index in [4.69, 9.17) is 0 Å². The lowest BCUT2D eigenvalue weighted by Crippen LogP contribution is -2.23. The lowest BCUT2D eigenvalue weighted by Gasteiger charge is -2.22. The van der Waals surface area contributed by atoms with E-state index in [-0.39, 0.29) is 6.10 Å². The molecule has 1 N–H and O–H groups in total. The van der Waals surface area contributed by atoms with Crippen LogP contribution in [0.3, 0.4) is 0 Å². The number of aliphatic hydroxyl groups is 1. The number of rotatable bonds is 2. The van der Waals surface area contributed by atoms with Gasteiger partial charge in [0.1, 0.15) is 0 Å². The highest BCUT2D eigenvalue weighted by Crippen LogP contribution is 2.30. The first-order valence-electron chi connectivity index (χ1n) is 4.88. The normalized spacial score (nSPS) is 25.1. The van der Waals surface area contributed by atoms with Crippen LogP contribution in [0.1, 0.15) is 16.0 Å². The van der Waals surface area contributed by atoms with E-state index in [0.29, 0.717) is 4.05 Å². The molecule has 0 bridgehead atoms. The Morgan fingerprint density at radius 3 is 2.64 bits per heavy atom. The number of nitrogens with zero attached hydrogens (tertiary/aromatic N) is 1. The molecule has 1 aliphatic heterocycles. The van der Waals surface area contributed by atoms with Gasteiger partial charge >= 0.3 is 0 Å². The van der Waals surface area contributed by atoms with Crippen molar-refractivity contribution in [2.24, 2.45) is 0 Å². The van der Waals surface area contributed by atoms with Crippen LogP contribution in [-0.4, -0.2) is 29.2 Å². The Bertz CT molecular complexity index is 291. The van der Waals surface area contributed by atoms with E-state index in [0.717, 1.165) is 19.5 Å². The van der Waals surface area contributed by atoms with Gasteiger partial charge in [-0.05, 0) is 12.0 Å². The molecule has 0 amide bonds. The average Bonchev–Trinajstić information content (AvgIpc) is 2.65. The Morgan fingerprint density at radius 1 is 1.36 bits per heavy atom.